The van der Waals surface area contributed by atoms with E-state index >= 15 is 0 Å². The Morgan fingerprint density at radius 2 is 1.74 bits per heavy atom. The third-order valence-corrected chi connectivity index (χ3v) is 4.41. The summed E-state index contributed by atoms with van der Waals surface area (Å²) in [6.07, 6.45) is 6.73. The van der Waals surface area contributed by atoms with E-state index in [0.717, 1.165) is 6.54 Å². The summed E-state index contributed by atoms with van der Waals surface area (Å²) in [5.41, 5.74) is 2.80. The summed E-state index contributed by atoms with van der Waals surface area (Å²) >= 11 is 0. The Hall–Kier alpha value is -1.31. The quantitative estimate of drug-likeness (QED) is 0.738. The second-order valence-electron chi connectivity index (χ2n) is 5.97. The first kappa shape index (κ1) is 12.7. The van der Waals surface area contributed by atoms with Crippen molar-refractivity contribution < 1.29 is 4.58 Å². The van der Waals surface area contributed by atoms with Gasteiger partial charge in [0, 0.05) is 6.42 Å². The van der Waals surface area contributed by atoms with Gasteiger partial charge in [0.05, 0.1) is 19.6 Å². The van der Waals surface area contributed by atoms with E-state index in [1.807, 2.05) is 0 Å². The molecule has 2 heteroatoms. The molecule has 102 valence electrons. The Morgan fingerprint density at radius 1 is 1.00 bits per heavy atom. The molecule has 0 unspecified atom stereocenters. The third kappa shape index (κ3) is 2.99. The van der Waals surface area contributed by atoms with Crippen LogP contribution in [0.25, 0.3) is 0 Å². The fraction of sp³-hybridized carbons (Fsp3) is 0.588. The summed E-state index contributed by atoms with van der Waals surface area (Å²) in [6.45, 7) is 7.04. The van der Waals surface area contributed by atoms with Crippen molar-refractivity contribution in [2.24, 2.45) is 0 Å². The SMILES string of the molecule is Cc1ccc(CN2CCCC[N+]3=C2CCCC3)cc1. The van der Waals surface area contributed by atoms with E-state index in [0.29, 0.717) is 0 Å². The smallest absolute Gasteiger partial charge is 0.247 e. The lowest BCUT2D eigenvalue weighted by Crippen LogP contribution is -2.39. The van der Waals surface area contributed by atoms with Crippen LogP contribution in [0, 0.1) is 6.92 Å². The zero-order chi connectivity index (χ0) is 13.1. The zero-order valence-corrected chi connectivity index (χ0v) is 12.1. The summed E-state index contributed by atoms with van der Waals surface area (Å²) in [6, 6.07) is 9.04. The van der Waals surface area contributed by atoms with Gasteiger partial charge in [-0.25, -0.2) is 0 Å². The molecule has 0 aromatic heterocycles. The molecule has 0 amide bonds. The number of hydrogen-bond acceptors (Lipinski definition) is 1. The Kier molecular flexibility index (Phi) is 3.86. The van der Waals surface area contributed by atoms with E-state index in [1.165, 1.54) is 62.9 Å². The molecule has 0 N–H and O–H groups in total. The predicted molar refractivity (Wildman–Crippen MR) is 79.7 cm³/mol. The number of hydrogen-bond donors (Lipinski definition) is 0. The first-order valence-corrected chi connectivity index (χ1v) is 7.74. The Labute approximate surface area is 116 Å². The molecule has 0 saturated carbocycles. The van der Waals surface area contributed by atoms with Gasteiger partial charge in [0.2, 0.25) is 5.84 Å². The van der Waals surface area contributed by atoms with Crippen LogP contribution in [0.5, 0.6) is 0 Å². The third-order valence-electron chi connectivity index (χ3n) is 4.41. The summed E-state index contributed by atoms with van der Waals surface area (Å²) in [7, 11) is 0. The van der Waals surface area contributed by atoms with Crippen LogP contribution in [-0.4, -0.2) is 34.9 Å². The van der Waals surface area contributed by atoms with Crippen molar-refractivity contribution in [3.8, 4) is 0 Å². The van der Waals surface area contributed by atoms with Crippen LogP contribution in [-0.2, 0) is 6.54 Å². The molecule has 1 aromatic carbocycles. The van der Waals surface area contributed by atoms with Crippen molar-refractivity contribution in [2.75, 3.05) is 19.6 Å². The molecule has 0 fully saturated rings. The Balaban J connectivity index is 1.79. The summed E-state index contributed by atoms with van der Waals surface area (Å²) in [5.74, 6) is 1.62. The van der Waals surface area contributed by atoms with Crippen molar-refractivity contribution in [1.82, 2.24) is 4.90 Å². The number of aryl methyl sites for hydroxylation is 1. The average molecular weight is 257 g/mol. The minimum Gasteiger partial charge on any atom is -0.266 e. The van der Waals surface area contributed by atoms with Crippen molar-refractivity contribution in [3.05, 3.63) is 35.4 Å². The first-order chi connectivity index (χ1) is 9.33. The lowest BCUT2D eigenvalue weighted by atomic mass is 10.1. The van der Waals surface area contributed by atoms with Crippen LogP contribution >= 0.6 is 0 Å². The second-order valence-corrected chi connectivity index (χ2v) is 5.97. The monoisotopic (exact) mass is 257 g/mol. The van der Waals surface area contributed by atoms with Crippen LogP contribution in [0.4, 0.5) is 0 Å². The molecule has 0 bridgehead atoms. The fourth-order valence-corrected chi connectivity index (χ4v) is 3.29. The molecule has 1 aromatic rings. The van der Waals surface area contributed by atoms with Gasteiger partial charge in [0.25, 0.3) is 0 Å². The van der Waals surface area contributed by atoms with Gasteiger partial charge in [-0.15, -0.1) is 0 Å². The van der Waals surface area contributed by atoms with Gasteiger partial charge in [-0.3, -0.25) is 9.48 Å². The van der Waals surface area contributed by atoms with Crippen molar-refractivity contribution in [3.63, 3.8) is 0 Å². The maximum absolute atomic E-state index is 2.64. The van der Waals surface area contributed by atoms with Gasteiger partial charge in [0.15, 0.2) is 0 Å². The topological polar surface area (TPSA) is 6.25 Å². The number of benzene rings is 1. The van der Waals surface area contributed by atoms with Gasteiger partial charge in [-0.1, -0.05) is 29.8 Å². The summed E-state index contributed by atoms with van der Waals surface area (Å²) in [5, 5.41) is 0. The Morgan fingerprint density at radius 3 is 2.53 bits per heavy atom. The molecule has 0 radical (unpaired) electrons. The molecular weight excluding hydrogens is 232 g/mol. The lowest BCUT2D eigenvalue weighted by Gasteiger charge is -2.23. The molecule has 0 spiro atoms. The van der Waals surface area contributed by atoms with Gasteiger partial charge < -0.3 is 0 Å². The van der Waals surface area contributed by atoms with Gasteiger partial charge in [-0.05, 0) is 38.2 Å². The van der Waals surface area contributed by atoms with Gasteiger partial charge in [0.1, 0.15) is 6.54 Å². The minimum absolute atomic E-state index is 1.09. The standard InChI is InChI=1S/C17H25N2/c1-15-7-9-16(10-8-15)14-19-13-5-4-12-18-11-3-2-6-17(18)19/h7-10H,2-6,11-14H2,1H3/q+1. The van der Waals surface area contributed by atoms with Gasteiger partial charge >= 0.3 is 0 Å². The van der Waals surface area contributed by atoms with Crippen LogP contribution in [0.15, 0.2) is 24.3 Å². The normalized spacial score (nSPS) is 20.2. The molecule has 2 aliphatic rings. The molecule has 0 aliphatic carbocycles. The first-order valence-electron chi connectivity index (χ1n) is 7.74. The van der Waals surface area contributed by atoms with Crippen LogP contribution < -0.4 is 0 Å². The number of amidine groups is 1. The van der Waals surface area contributed by atoms with E-state index in [4.69, 9.17) is 0 Å². The van der Waals surface area contributed by atoms with Gasteiger partial charge in [-0.2, -0.15) is 0 Å². The highest BCUT2D eigenvalue weighted by molar-refractivity contribution is 5.78. The largest absolute Gasteiger partial charge is 0.266 e. The summed E-state index contributed by atoms with van der Waals surface area (Å²) < 4.78 is 2.64. The Bertz CT molecular complexity index is 459. The number of nitrogens with zero attached hydrogens (tertiary/aromatic N) is 2. The maximum Gasteiger partial charge on any atom is 0.247 e. The fourth-order valence-electron chi connectivity index (χ4n) is 3.29. The lowest BCUT2D eigenvalue weighted by molar-refractivity contribution is -0.537. The highest BCUT2D eigenvalue weighted by atomic mass is 15.2. The maximum atomic E-state index is 2.64. The molecule has 19 heavy (non-hydrogen) atoms. The summed E-state index contributed by atoms with van der Waals surface area (Å²) in [4.78, 5) is 2.64. The molecule has 3 rings (SSSR count). The van der Waals surface area contributed by atoms with Crippen molar-refractivity contribution in [2.45, 2.75) is 45.6 Å². The molecule has 2 heterocycles. The average Bonchev–Trinajstić information content (AvgIpc) is 2.64. The number of rotatable bonds is 2. The van der Waals surface area contributed by atoms with E-state index in [9.17, 15) is 0 Å². The van der Waals surface area contributed by atoms with E-state index < -0.39 is 0 Å². The highest BCUT2D eigenvalue weighted by Crippen LogP contribution is 2.17. The van der Waals surface area contributed by atoms with Crippen LogP contribution in [0.3, 0.4) is 0 Å². The molecule has 0 saturated heterocycles. The van der Waals surface area contributed by atoms with Crippen molar-refractivity contribution >= 4 is 5.84 Å². The predicted octanol–water partition coefficient (Wildman–Crippen LogP) is 3.19. The molecule has 2 nitrogen and oxygen atoms in total. The highest BCUT2D eigenvalue weighted by Gasteiger charge is 2.27. The van der Waals surface area contributed by atoms with Crippen LogP contribution in [0.1, 0.15) is 43.2 Å². The van der Waals surface area contributed by atoms with E-state index in [-0.39, 0.29) is 0 Å². The minimum atomic E-state index is 1.09. The van der Waals surface area contributed by atoms with E-state index in [1.54, 1.807) is 5.84 Å². The molecular formula is C17H25N2+. The van der Waals surface area contributed by atoms with E-state index in [2.05, 4.69) is 40.7 Å². The van der Waals surface area contributed by atoms with Crippen molar-refractivity contribution in [1.29, 1.82) is 0 Å². The zero-order valence-electron chi connectivity index (χ0n) is 12.1. The molecule has 0 atom stereocenters. The second kappa shape index (κ2) is 5.77. The molecule has 2 aliphatic heterocycles. The van der Waals surface area contributed by atoms with Crippen LogP contribution in [0.2, 0.25) is 0 Å².